The zero-order valence-corrected chi connectivity index (χ0v) is 11.4. The zero-order chi connectivity index (χ0) is 13.5. The van der Waals surface area contributed by atoms with Gasteiger partial charge in [0.2, 0.25) is 0 Å². The van der Waals surface area contributed by atoms with Crippen molar-refractivity contribution < 1.29 is 9.53 Å². The summed E-state index contributed by atoms with van der Waals surface area (Å²) in [6.07, 6.45) is 1.88. The van der Waals surface area contributed by atoms with Crippen LogP contribution in [0.15, 0.2) is 18.2 Å². The fraction of sp³-hybridized carbons (Fsp3) is 0.500. The van der Waals surface area contributed by atoms with E-state index < -0.39 is 0 Å². The molecule has 0 spiro atoms. The number of hydrogen-bond donors (Lipinski definition) is 1. The monoisotopic (exact) mass is 250 g/mol. The number of anilines is 1. The summed E-state index contributed by atoms with van der Waals surface area (Å²) >= 11 is 0. The van der Waals surface area contributed by atoms with Crippen LogP contribution in [-0.2, 0) is 0 Å². The largest absolute Gasteiger partial charge is 0.496 e. The van der Waals surface area contributed by atoms with E-state index in [1.165, 1.54) is 0 Å². The highest BCUT2D eigenvalue weighted by Gasteiger charge is 2.18. The number of ether oxygens (including phenoxy) is 1. The van der Waals surface area contributed by atoms with Crippen molar-refractivity contribution >= 4 is 11.6 Å². The molecule has 4 heteroatoms. The summed E-state index contributed by atoms with van der Waals surface area (Å²) in [7, 11) is 1.56. The van der Waals surface area contributed by atoms with Crippen molar-refractivity contribution in [1.82, 2.24) is 4.90 Å². The normalized spacial score (nSPS) is 10.2. The molecule has 0 aliphatic heterocycles. The number of nitrogen functional groups attached to an aromatic ring is 1. The Hall–Kier alpha value is -1.71. The third-order valence-corrected chi connectivity index (χ3v) is 2.73. The van der Waals surface area contributed by atoms with Gasteiger partial charge in [-0.1, -0.05) is 13.8 Å². The maximum atomic E-state index is 12.4. The summed E-state index contributed by atoms with van der Waals surface area (Å²) in [6.45, 7) is 5.63. The molecule has 1 amide bonds. The summed E-state index contributed by atoms with van der Waals surface area (Å²) in [5.74, 6) is 0.564. The van der Waals surface area contributed by atoms with E-state index in [0.29, 0.717) is 17.0 Å². The fourth-order valence-electron chi connectivity index (χ4n) is 1.92. The van der Waals surface area contributed by atoms with Crippen LogP contribution < -0.4 is 10.5 Å². The summed E-state index contributed by atoms with van der Waals surface area (Å²) < 4.78 is 5.22. The molecule has 0 radical (unpaired) electrons. The summed E-state index contributed by atoms with van der Waals surface area (Å²) in [6, 6.07) is 5.15. The van der Waals surface area contributed by atoms with E-state index in [9.17, 15) is 4.79 Å². The van der Waals surface area contributed by atoms with E-state index in [-0.39, 0.29) is 5.91 Å². The average molecular weight is 250 g/mol. The van der Waals surface area contributed by atoms with Crippen LogP contribution in [0.5, 0.6) is 5.75 Å². The quantitative estimate of drug-likeness (QED) is 0.789. The van der Waals surface area contributed by atoms with Crippen LogP contribution in [0, 0.1) is 0 Å². The van der Waals surface area contributed by atoms with E-state index in [4.69, 9.17) is 10.5 Å². The highest BCUT2D eigenvalue weighted by molar-refractivity contribution is 5.97. The summed E-state index contributed by atoms with van der Waals surface area (Å²) in [4.78, 5) is 14.3. The molecular formula is C14H22N2O2. The molecule has 0 aromatic heterocycles. The number of nitrogens with two attached hydrogens (primary N) is 1. The number of benzene rings is 1. The SMILES string of the molecule is CCCN(CCC)C(=O)c1cc(N)ccc1OC. The highest BCUT2D eigenvalue weighted by Crippen LogP contribution is 2.22. The van der Waals surface area contributed by atoms with Crippen molar-refractivity contribution in [2.75, 3.05) is 25.9 Å². The van der Waals surface area contributed by atoms with Gasteiger partial charge in [-0.05, 0) is 31.0 Å². The molecule has 2 N–H and O–H groups in total. The number of nitrogens with zero attached hydrogens (tertiary/aromatic N) is 1. The predicted molar refractivity (Wildman–Crippen MR) is 73.9 cm³/mol. The number of carbonyl (C=O) groups excluding carboxylic acids is 1. The van der Waals surface area contributed by atoms with E-state index >= 15 is 0 Å². The smallest absolute Gasteiger partial charge is 0.257 e. The van der Waals surface area contributed by atoms with Gasteiger partial charge < -0.3 is 15.4 Å². The van der Waals surface area contributed by atoms with Crippen molar-refractivity contribution in [2.45, 2.75) is 26.7 Å². The number of rotatable bonds is 6. The molecule has 0 aliphatic rings. The van der Waals surface area contributed by atoms with Crippen LogP contribution in [0.1, 0.15) is 37.0 Å². The lowest BCUT2D eigenvalue weighted by molar-refractivity contribution is 0.0752. The van der Waals surface area contributed by atoms with E-state index in [2.05, 4.69) is 13.8 Å². The van der Waals surface area contributed by atoms with E-state index in [1.54, 1.807) is 25.3 Å². The minimum atomic E-state index is -0.0112. The molecule has 0 saturated carbocycles. The minimum Gasteiger partial charge on any atom is -0.496 e. The summed E-state index contributed by atoms with van der Waals surface area (Å²) in [5.41, 5.74) is 6.86. The topological polar surface area (TPSA) is 55.6 Å². The number of amides is 1. The standard InChI is InChI=1S/C14H22N2O2/c1-4-8-16(9-5-2)14(17)12-10-11(15)6-7-13(12)18-3/h6-7,10H,4-5,8-9,15H2,1-3H3. The van der Waals surface area contributed by atoms with Crippen LogP contribution in [0.25, 0.3) is 0 Å². The van der Waals surface area contributed by atoms with Crippen molar-refractivity contribution in [2.24, 2.45) is 0 Å². The number of hydrogen-bond acceptors (Lipinski definition) is 3. The Morgan fingerprint density at radius 3 is 2.39 bits per heavy atom. The van der Waals surface area contributed by atoms with Gasteiger partial charge in [0.05, 0.1) is 12.7 Å². The molecule has 0 bridgehead atoms. The molecule has 0 saturated heterocycles. The Balaban J connectivity index is 3.02. The lowest BCUT2D eigenvalue weighted by Gasteiger charge is -2.22. The Labute approximate surface area is 109 Å². The lowest BCUT2D eigenvalue weighted by Crippen LogP contribution is -2.32. The molecule has 18 heavy (non-hydrogen) atoms. The molecule has 0 atom stereocenters. The van der Waals surface area contributed by atoms with Crippen LogP contribution in [0.3, 0.4) is 0 Å². The molecule has 1 aromatic carbocycles. The van der Waals surface area contributed by atoms with Crippen molar-refractivity contribution in [1.29, 1.82) is 0 Å². The Kier molecular flexibility index (Phi) is 5.49. The summed E-state index contributed by atoms with van der Waals surface area (Å²) in [5, 5.41) is 0. The Morgan fingerprint density at radius 2 is 1.89 bits per heavy atom. The first-order valence-corrected chi connectivity index (χ1v) is 6.36. The third-order valence-electron chi connectivity index (χ3n) is 2.73. The van der Waals surface area contributed by atoms with Gasteiger partial charge in [-0.15, -0.1) is 0 Å². The molecule has 1 aromatic rings. The Bertz CT molecular complexity index is 399. The molecule has 4 nitrogen and oxygen atoms in total. The second-order valence-electron chi connectivity index (χ2n) is 4.25. The van der Waals surface area contributed by atoms with Crippen LogP contribution in [0.4, 0.5) is 5.69 Å². The molecule has 0 fully saturated rings. The van der Waals surface area contributed by atoms with Crippen LogP contribution in [-0.4, -0.2) is 31.0 Å². The van der Waals surface area contributed by atoms with Crippen LogP contribution in [0.2, 0.25) is 0 Å². The maximum absolute atomic E-state index is 12.4. The van der Waals surface area contributed by atoms with Gasteiger partial charge in [-0.3, -0.25) is 4.79 Å². The van der Waals surface area contributed by atoms with Gasteiger partial charge in [0.1, 0.15) is 5.75 Å². The van der Waals surface area contributed by atoms with Crippen LogP contribution >= 0.6 is 0 Å². The van der Waals surface area contributed by atoms with E-state index in [1.807, 2.05) is 4.90 Å². The second kappa shape index (κ2) is 6.89. The first kappa shape index (κ1) is 14.4. The zero-order valence-electron chi connectivity index (χ0n) is 11.4. The van der Waals surface area contributed by atoms with Gasteiger partial charge in [-0.2, -0.15) is 0 Å². The van der Waals surface area contributed by atoms with Crippen molar-refractivity contribution in [3.63, 3.8) is 0 Å². The molecule has 0 unspecified atom stereocenters. The molecule has 100 valence electrons. The van der Waals surface area contributed by atoms with E-state index in [0.717, 1.165) is 25.9 Å². The third kappa shape index (κ3) is 3.39. The van der Waals surface area contributed by atoms with Gasteiger partial charge in [0.15, 0.2) is 0 Å². The van der Waals surface area contributed by atoms with Gasteiger partial charge >= 0.3 is 0 Å². The highest BCUT2D eigenvalue weighted by atomic mass is 16.5. The first-order chi connectivity index (χ1) is 8.63. The minimum absolute atomic E-state index is 0.0112. The number of methoxy groups -OCH3 is 1. The van der Waals surface area contributed by atoms with Crippen molar-refractivity contribution in [3.05, 3.63) is 23.8 Å². The van der Waals surface area contributed by atoms with Gasteiger partial charge in [0.25, 0.3) is 5.91 Å². The van der Waals surface area contributed by atoms with Gasteiger partial charge in [-0.25, -0.2) is 0 Å². The second-order valence-corrected chi connectivity index (χ2v) is 4.25. The molecule has 1 rings (SSSR count). The average Bonchev–Trinajstić information content (AvgIpc) is 2.37. The van der Waals surface area contributed by atoms with Crippen molar-refractivity contribution in [3.8, 4) is 5.75 Å². The van der Waals surface area contributed by atoms with Gasteiger partial charge in [0, 0.05) is 18.8 Å². The number of carbonyl (C=O) groups is 1. The molecular weight excluding hydrogens is 228 g/mol. The lowest BCUT2D eigenvalue weighted by atomic mass is 10.1. The maximum Gasteiger partial charge on any atom is 0.257 e. The Morgan fingerprint density at radius 1 is 1.28 bits per heavy atom. The molecule has 0 heterocycles. The molecule has 0 aliphatic carbocycles. The predicted octanol–water partition coefficient (Wildman–Crippen LogP) is 2.54. The first-order valence-electron chi connectivity index (χ1n) is 6.36. The fourth-order valence-corrected chi connectivity index (χ4v) is 1.92.